The Hall–Kier alpha value is -2.66. The van der Waals surface area contributed by atoms with Gasteiger partial charge in [-0.3, -0.25) is 9.59 Å². The second-order valence-electron chi connectivity index (χ2n) is 10.7. The SMILES string of the molecule is COc1cc(NC(=S)NC2CCc3sc(NC(=O)C4CC45CC5)c(C(=O)NCC4CC4)c3C2)n(C)n1. The molecular weight excluding hydrogens is 496 g/mol. The van der Waals surface area contributed by atoms with E-state index >= 15 is 0 Å². The molecule has 4 aliphatic rings. The number of carbonyl (C=O) groups is 2. The molecule has 11 heteroatoms. The largest absolute Gasteiger partial charge is 0.480 e. The van der Waals surface area contributed by atoms with Gasteiger partial charge in [-0.2, -0.15) is 0 Å². The Balaban J connectivity index is 1.16. The number of amides is 2. The number of aryl methyl sites for hydroxylation is 2. The maximum atomic E-state index is 13.3. The number of nitrogens with zero attached hydrogens (tertiary/aromatic N) is 2. The summed E-state index contributed by atoms with van der Waals surface area (Å²) in [4.78, 5) is 27.5. The Labute approximate surface area is 219 Å². The molecule has 192 valence electrons. The molecule has 36 heavy (non-hydrogen) atoms. The van der Waals surface area contributed by atoms with Crippen LogP contribution in [0, 0.1) is 17.3 Å². The highest BCUT2D eigenvalue weighted by Gasteiger charge is 2.65. The van der Waals surface area contributed by atoms with Crippen molar-refractivity contribution in [1.29, 1.82) is 0 Å². The van der Waals surface area contributed by atoms with Gasteiger partial charge in [-0.15, -0.1) is 16.4 Å². The van der Waals surface area contributed by atoms with Crippen molar-refractivity contribution in [2.45, 2.75) is 57.4 Å². The number of rotatable bonds is 8. The van der Waals surface area contributed by atoms with E-state index in [-0.39, 0.29) is 29.2 Å². The fourth-order valence-electron chi connectivity index (χ4n) is 5.31. The van der Waals surface area contributed by atoms with Crippen LogP contribution in [0.3, 0.4) is 0 Å². The van der Waals surface area contributed by atoms with Crippen LogP contribution in [0.2, 0.25) is 0 Å². The summed E-state index contributed by atoms with van der Waals surface area (Å²) in [7, 11) is 3.40. The van der Waals surface area contributed by atoms with Crippen molar-refractivity contribution >= 4 is 51.3 Å². The number of fused-ring (bicyclic) bond motifs is 1. The summed E-state index contributed by atoms with van der Waals surface area (Å²) in [5.41, 5.74) is 1.97. The predicted octanol–water partition coefficient (Wildman–Crippen LogP) is 3.21. The minimum atomic E-state index is -0.0741. The first-order valence-electron chi connectivity index (χ1n) is 12.7. The number of ether oxygens (including phenoxy) is 1. The molecule has 3 saturated carbocycles. The third-order valence-corrected chi connectivity index (χ3v) is 9.44. The van der Waals surface area contributed by atoms with E-state index in [0.29, 0.717) is 40.4 Å². The van der Waals surface area contributed by atoms with Crippen molar-refractivity contribution in [3.63, 3.8) is 0 Å². The minimum absolute atomic E-state index is 0.0741. The smallest absolute Gasteiger partial charge is 0.254 e. The zero-order valence-corrected chi connectivity index (χ0v) is 22.2. The molecule has 0 bridgehead atoms. The molecule has 2 heterocycles. The van der Waals surface area contributed by atoms with E-state index in [1.165, 1.54) is 17.7 Å². The van der Waals surface area contributed by atoms with Crippen LogP contribution in [0.4, 0.5) is 10.8 Å². The van der Waals surface area contributed by atoms with E-state index in [2.05, 4.69) is 26.4 Å². The van der Waals surface area contributed by atoms with Crippen LogP contribution in [0.5, 0.6) is 5.88 Å². The topological polar surface area (TPSA) is 109 Å². The zero-order chi connectivity index (χ0) is 25.0. The summed E-state index contributed by atoms with van der Waals surface area (Å²) in [5, 5.41) is 18.3. The Morgan fingerprint density at radius 3 is 2.75 bits per heavy atom. The minimum Gasteiger partial charge on any atom is -0.480 e. The summed E-state index contributed by atoms with van der Waals surface area (Å²) in [6, 6.07) is 1.87. The van der Waals surface area contributed by atoms with Gasteiger partial charge in [0.15, 0.2) is 5.11 Å². The summed E-state index contributed by atoms with van der Waals surface area (Å²) < 4.78 is 6.86. The lowest BCUT2D eigenvalue weighted by molar-refractivity contribution is -0.117. The number of thiocarbonyl (C=S) groups is 1. The maximum Gasteiger partial charge on any atom is 0.254 e. The van der Waals surface area contributed by atoms with Crippen molar-refractivity contribution in [3.05, 3.63) is 22.1 Å². The van der Waals surface area contributed by atoms with E-state index in [0.717, 1.165) is 43.5 Å². The lowest BCUT2D eigenvalue weighted by atomic mass is 9.91. The van der Waals surface area contributed by atoms with Gasteiger partial charge in [0.2, 0.25) is 11.8 Å². The van der Waals surface area contributed by atoms with Gasteiger partial charge in [0.1, 0.15) is 10.8 Å². The van der Waals surface area contributed by atoms with Crippen LogP contribution < -0.4 is 26.0 Å². The van der Waals surface area contributed by atoms with Crippen molar-refractivity contribution in [2.75, 3.05) is 24.3 Å². The van der Waals surface area contributed by atoms with Crippen molar-refractivity contribution in [2.24, 2.45) is 24.3 Å². The normalized spacial score (nSPS) is 22.9. The number of anilines is 2. The number of methoxy groups -OCH3 is 1. The highest BCUT2D eigenvalue weighted by molar-refractivity contribution is 7.80. The van der Waals surface area contributed by atoms with E-state index in [1.807, 2.05) is 7.05 Å². The van der Waals surface area contributed by atoms with Gasteiger partial charge in [-0.05, 0) is 80.5 Å². The van der Waals surface area contributed by atoms with Crippen LogP contribution in [0.1, 0.15) is 59.3 Å². The third kappa shape index (κ3) is 4.70. The van der Waals surface area contributed by atoms with E-state index < -0.39 is 0 Å². The molecule has 4 N–H and O–H groups in total. The monoisotopic (exact) mass is 528 g/mol. The molecule has 9 nitrogen and oxygen atoms in total. The van der Waals surface area contributed by atoms with Gasteiger partial charge < -0.3 is 26.0 Å². The number of hydrogen-bond acceptors (Lipinski definition) is 6. The molecule has 2 aromatic heterocycles. The van der Waals surface area contributed by atoms with Crippen molar-refractivity contribution in [1.82, 2.24) is 20.4 Å². The van der Waals surface area contributed by atoms with E-state index in [9.17, 15) is 9.59 Å². The van der Waals surface area contributed by atoms with Gasteiger partial charge in [0, 0.05) is 36.5 Å². The average molecular weight is 529 g/mol. The average Bonchev–Trinajstić information content (AvgIpc) is 3.79. The number of carbonyl (C=O) groups excluding carboxylic acids is 2. The number of nitrogens with one attached hydrogen (secondary N) is 4. The molecule has 2 unspecified atom stereocenters. The summed E-state index contributed by atoms with van der Waals surface area (Å²) >= 11 is 7.14. The van der Waals surface area contributed by atoms with Gasteiger partial charge in [-0.1, -0.05) is 0 Å². The predicted molar refractivity (Wildman–Crippen MR) is 143 cm³/mol. The highest BCUT2D eigenvalue weighted by Crippen LogP contribution is 2.70. The Kier molecular flexibility index (Phi) is 5.94. The summed E-state index contributed by atoms with van der Waals surface area (Å²) in [6.07, 6.45) is 8.08. The molecule has 4 aliphatic carbocycles. The molecule has 3 fully saturated rings. The van der Waals surface area contributed by atoms with E-state index in [1.54, 1.807) is 29.2 Å². The Bertz CT molecular complexity index is 1230. The van der Waals surface area contributed by atoms with Crippen molar-refractivity contribution in [3.8, 4) is 5.88 Å². The summed E-state index contributed by atoms with van der Waals surface area (Å²) in [6.45, 7) is 0.701. The molecule has 2 atom stereocenters. The molecule has 0 aromatic carbocycles. The third-order valence-electron chi connectivity index (χ3n) is 8.01. The van der Waals surface area contributed by atoms with Crippen LogP contribution in [-0.2, 0) is 24.7 Å². The standard InChI is InChI=1S/C25H32N6O3S2/c1-31-18(10-19(30-31)34-2)28-24(35)27-14-5-6-17-15(9-14)20(22(33)26-12-13-3-4-13)23(36-17)29-21(32)16-11-25(16)7-8-25/h10,13-14,16H,3-9,11-12H2,1-2H3,(H,26,33)(H,29,32)(H2,27,28,35). The summed E-state index contributed by atoms with van der Waals surface area (Å²) in [5.74, 6) is 1.95. The fraction of sp³-hybridized carbons (Fsp3) is 0.600. The molecular formula is C25H32N6O3S2. The lowest BCUT2D eigenvalue weighted by Crippen LogP contribution is -2.41. The molecule has 2 amide bonds. The number of aromatic nitrogens is 2. The first kappa shape index (κ1) is 23.7. The Morgan fingerprint density at radius 1 is 1.28 bits per heavy atom. The molecule has 6 rings (SSSR count). The first-order valence-corrected chi connectivity index (χ1v) is 14.0. The highest BCUT2D eigenvalue weighted by atomic mass is 32.1. The lowest BCUT2D eigenvalue weighted by Gasteiger charge is -2.25. The van der Waals surface area contributed by atoms with Crippen LogP contribution in [0.25, 0.3) is 0 Å². The van der Waals surface area contributed by atoms with E-state index in [4.69, 9.17) is 17.0 Å². The van der Waals surface area contributed by atoms with Crippen LogP contribution in [-0.4, -0.2) is 46.4 Å². The Morgan fingerprint density at radius 2 is 2.08 bits per heavy atom. The molecule has 0 saturated heterocycles. The second kappa shape index (κ2) is 9.02. The van der Waals surface area contributed by atoms with Crippen LogP contribution in [0.15, 0.2) is 6.07 Å². The molecule has 2 aromatic rings. The zero-order valence-electron chi connectivity index (χ0n) is 20.6. The number of thiophene rings is 1. The quantitative estimate of drug-likeness (QED) is 0.390. The van der Waals surface area contributed by atoms with Gasteiger partial charge in [-0.25, -0.2) is 4.68 Å². The van der Waals surface area contributed by atoms with Crippen LogP contribution >= 0.6 is 23.6 Å². The van der Waals surface area contributed by atoms with Gasteiger partial charge in [0.25, 0.3) is 5.91 Å². The van der Waals surface area contributed by atoms with Gasteiger partial charge in [0.05, 0.1) is 12.7 Å². The molecule has 1 spiro atoms. The molecule has 0 radical (unpaired) electrons. The fourth-order valence-corrected chi connectivity index (χ4v) is 6.82. The molecule has 0 aliphatic heterocycles. The first-order chi connectivity index (χ1) is 17.3. The number of hydrogen-bond donors (Lipinski definition) is 4. The second-order valence-corrected chi connectivity index (χ2v) is 12.2. The maximum absolute atomic E-state index is 13.3. The van der Waals surface area contributed by atoms with Gasteiger partial charge >= 0.3 is 0 Å². The van der Waals surface area contributed by atoms with Crippen molar-refractivity contribution < 1.29 is 14.3 Å².